The molecule has 1 heterocycles. The number of rotatable bonds is 4. The number of hydrogen-bond donors (Lipinski definition) is 1. The monoisotopic (exact) mass is 324 g/mol. The van der Waals surface area contributed by atoms with Crippen molar-refractivity contribution < 1.29 is 14.3 Å². The van der Waals surface area contributed by atoms with Gasteiger partial charge in [-0.25, -0.2) is 0 Å². The van der Waals surface area contributed by atoms with E-state index in [0.717, 1.165) is 19.4 Å². The zero-order valence-corrected chi connectivity index (χ0v) is 13.4. The van der Waals surface area contributed by atoms with Gasteiger partial charge in [0, 0.05) is 18.7 Å². The first-order chi connectivity index (χ1) is 11.6. The molecule has 0 unspecified atom stereocenters. The summed E-state index contributed by atoms with van der Waals surface area (Å²) in [6.07, 6.45) is 1.96. The van der Waals surface area contributed by atoms with Crippen molar-refractivity contribution in [2.75, 3.05) is 13.2 Å². The Labute approximate surface area is 141 Å². The molecule has 0 fully saturated rings. The predicted molar refractivity (Wildman–Crippen MR) is 90.6 cm³/mol. The fraction of sp³-hybridized carbons (Fsp3) is 0.263. The molecule has 0 aromatic heterocycles. The normalized spacial score (nSPS) is 13.8. The molecule has 2 amide bonds. The van der Waals surface area contributed by atoms with Crippen molar-refractivity contribution in [1.82, 2.24) is 4.90 Å². The highest BCUT2D eigenvalue weighted by Crippen LogP contribution is 2.21. The number of aryl methyl sites for hydroxylation is 1. The zero-order chi connectivity index (χ0) is 16.9. The van der Waals surface area contributed by atoms with E-state index in [9.17, 15) is 9.59 Å². The molecular weight excluding hydrogens is 304 g/mol. The summed E-state index contributed by atoms with van der Waals surface area (Å²) in [6.45, 7) is 1.21. The van der Waals surface area contributed by atoms with Crippen molar-refractivity contribution in [3.8, 4) is 5.75 Å². The Kier molecular flexibility index (Phi) is 4.79. The number of fused-ring (bicyclic) bond motifs is 1. The quantitative estimate of drug-likeness (QED) is 0.936. The van der Waals surface area contributed by atoms with Gasteiger partial charge in [-0.1, -0.05) is 24.3 Å². The Bertz CT molecular complexity index is 741. The second-order valence-electron chi connectivity index (χ2n) is 5.88. The summed E-state index contributed by atoms with van der Waals surface area (Å²) in [4.78, 5) is 25.4. The Hall–Kier alpha value is -2.82. The van der Waals surface area contributed by atoms with Crippen molar-refractivity contribution in [1.29, 1.82) is 0 Å². The lowest BCUT2D eigenvalue weighted by atomic mass is 10.0. The van der Waals surface area contributed by atoms with Crippen LogP contribution in [0.25, 0.3) is 0 Å². The molecule has 0 saturated carbocycles. The highest BCUT2D eigenvalue weighted by molar-refractivity contribution is 5.94. The van der Waals surface area contributed by atoms with Crippen LogP contribution in [0.15, 0.2) is 48.5 Å². The van der Waals surface area contributed by atoms with Crippen LogP contribution >= 0.6 is 0 Å². The fourth-order valence-electron chi connectivity index (χ4n) is 2.90. The Morgan fingerprint density at radius 2 is 1.75 bits per heavy atom. The molecule has 2 aromatic carbocycles. The summed E-state index contributed by atoms with van der Waals surface area (Å²) in [6, 6.07) is 15.1. The molecule has 2 N–H and O–H groups in total. The third-order valence-electron chi connectivity index (χ3n) is 4.12. The number of benzene rings is 2. The van der Waals surface area contributed by atoms with Crippen molar-refractivity contribution in [2.24, 2.45) is 5.73 Å². The molecule has 2 aromatic rings. The minimum Gasteiger partial charge on any atom is -0.484 e. The minimum atomic E-state index is -0.529. The van der Waals surface area contributed by atoms with E-state index in [2.05, 4.69) is 12.1 Å². The number of carbonyl (C=O) groups is 2. The Morgan fingerprint density at radius 3 is 2.46 bits per heavy atom. The van der Waals surface area contributed by atoms with Crippen LogP contribution in [0.1, 0.15) is 27.9 Å². The third kappa shape index (κ3) is 3.74. The molecule has 0 aliphatic carbocycles. The number of nitrogens with zero attached hydrogens (tertiary/aromatic N) is 1. The van der Waals surface area contributed by atoms with Crippen LogP contribution in [-0.2, 0) is 17.8 Å². The highest BCUT2D eigenvalue weighted by atomic mass is 16.5. The lowest BCUT2D eigenvalue weighted by Gasteiger charge is -2.21. The number of amides is 2. The zero-order valence-electron chi connectivity index (χ0n) is 13.4. The molecular formula is C19H20N2O3. The van der Waals surface area contributed by atoms with E-state index in [0.29, 0.717) is 17.9 Å². The maximum atomic E-state index is 12.8. The molecule has 24 heavy (non-hydrogen) atoms. The molecule has 0 saturated heterocycles. The van der Waals surface area contributed by atoms with Gasteiger partial charge >= 0.3 is 0 Å². The second kappa shape index (κ2) is 7.17. The summed E-state index contributed by atoms with van der Waals surface area (Å²) in [5, 5.41) is 0. The topological polar surface area (TPSA) is 72.6 Å². The third-order valence-corrected chi connectivity index (χ3v) is 4.12. The lowest BCUT2D eigenvalue weighted by molar-refractivity contribution is -0.119. The lowest BCUT2D eigenvalue weighted by Crippen LogP contribution is -2.30. The van der Waals surface area contributed by atoms with Gasteiger partial charge in [-0.3, -0.25) is 9.59 Å². The summed E-state index contributed by atoms with van der Waals surface area (Å²) in [5.74, 6) is -0.00176. The van der Waals surface area contributed by atoms with Gasteiger partial charge in [0.15, 0.2) is 6.61 Å². The Balaban J connectivity index is 1.71. The average Bonchev–Trinajstić information content (AvgIpc) is 2.82. The van der Waals surface area contributed by atoms with Gasteiger partial charge in [-0.2, -0.15) is 0 Å². The first-order valence-electron chi connectivity index (χ1n) is 8.01. The van der Waals surface area contributed by atoms with Crippen LogP contribution in [0.3, 0.4) is 0 Å². The summed E-state index contributed by atoms with van der Waals surface area (Å²) in [5.41, 5.74) is 8.19. The van der Waals surface area contributed by atoms with E-state index >= 15 is 0 Å². The molecule has 0 bridgehead atoms. The van der Waals surface area contributed by atoms with E-state index < -0.39 is 5.91 Å². The second-order valence-corrected chi connectivity index (χ2v) is 5.88. The van der Waals surface area contributed by atoms with Crippen molar-refractivity contribution in [2.45, 2.75) is 19.4 Å². The van der Waals surface area contributed by atoms with Gasteiger partial charge < -0.3 is 15.4 Å². The van der Waals surface area contributed by atoms with Gasteiger partial charge in [0.1, 0.15) is 5.75 Å². The molecule has 5 nitrogen and oxygen atoms in total. The number of hydrogen-bond acceptors (Lipinski definition) is 3. The highest BCUT2D eigenvalue weighted by Gasteiger charge is 2.20. The maximum absolute atomic E-state index is 12.8. The van der Waals surface area contributed by atoms with Crippen molar-refractivity contribution in [3.05, 3.63) is 65.2 Å². The van der Waals surface area contributed by atoms with Gasteiger partial charge in [0.2, 0.25) is 0 Å². The SMILES string of the molecule is NC(=O)COc1ccc(C(=O)N2CCCc3ccccc3C2)cc1. The molecule has 124 valence electrons. The predicted octanol–water partition coefficient (Wildman–Crippen LogP) is 2.14. The summed E-state index contributed by atoms with van der Waals surface area (Å²) in [7, 11) is 0. The molecule has 5 heteroatoms. The summed E-state index contributed by atoms with van der Waals surface area (Å²) < 4.78 is 5.21. The van der Waals surface area contributed by atoms with Crippen LogP contribution in [0.5, 0.6) is 5.75 Å². The number of ether oxygens (including phenoxy) is 1. The molecule has 1 aliphatic heterocycles. The Morgan fingerprint density at radius 1 is 1.04 bits per heavy atom. The molecule has 0 radical (unpaired) electrons. The average molecular weight is 324 g/mol. The van der Waals surface area contributed by atoms with Crippen molar-refractivity contribution in [3.63, 3.8) is 0 Å². The van der Waals surface area contributed by atoms with Crippen LogP contribution < -0.4 is 10.5 Å². The van der Waals surface area contributed by atoms with E-state index in [1.807, 2.05) is 17.0 Å². The van der Waals surface area contributed by atoms with E-state index in [-0.39, 0.29) is 12.5 Å². The molecule has 1 aliphatic rings. The standard InChI is InChI=1S/C19H20N2O3/c20-18(22)13-24-17-9-7-15(8-10-17)19(23)21-11-3-6-14-4-1-2-5-16(14)12-21/h1-2,4-5,7-10H,3,6,11-13H2,(H2,20,22). The largest absolute Gasteiger partial charge is 0.484 e. The first-order valence-corrected chi connectivity index (χ1v) is 8.01. The maximum Gasteiger partial charge on any atom is 0.255 e. The summed E-state index contributed by atoms with van der Waals surface area (Å²) >= 11 is 0. The van der Waals surface area contributed by atoms with E-state index in [1.165, 1.54) is 11.1 Å². The van der Waals surface area contributed by atoms with Crippen LogP contribution in [0, 0.1) is 0 Å². The molecule has 0 atom stereocenters. The minimum absolute atomic E-state index is 0.00755. The first kappa shape index (κ1) is 16.1. The van der Waals surface area contributed by atoms with Gasteiger partial charge in [0.05, 0.1) is 0 Å². The van der Waals surface area contributed by atoms with E-state index in [4.69, 9.17) is 10.5 Å². The van der Waals surface area contributed by atoms with Gasteiger partial charge in [-0.15, -0.1) is 0 Å². The molecule has 0 spiro atoms. The van der Waals surface area contributed by atoms with Crippen LogP contribution in [0.2, 0.25) is 0 Å². The smallest absolute Gasteiger partial charge is 0.255 e. The van der Waals surface area contributed by atoms with Crippen molar-refractivity contribution >= 4 is 11.8 Å². The number of nitrogens with two attached hydrogens (primary N) is 1. The molecule has 3 rings (SSSR count). The van der Waals surface area contributed by atoms with Crippen LogP contribution in [-0.4, -0.2) is 29.9 Å². The van der Waals surface area contributed by atoms with Crippen LogP contribution in [0.4, 0.5) is 0 Å². The number of primary amides is 1. The van der Waals surface area contributed by atoms with E-state index in [1.54, 1.807) is 24.3 Å². The number of carbonyl (C=O) groups excluding carboxylic acids is 2. The fourth-order valence-corrected chi connectivity index (χ4v) is 2.90. The van der Waals surface area contributed by atoms with Gasteiger partial charge in [0.25, 0.3) is 11.8 Å². The van der Waals surface area contributed by atoms with Gasteiger partial charge in [-0.05, 0) is 48.2 Å².